The molecule has 1 saturated carbocycles. The fourth-order valence-corrected chi connectivity index (χ4v) is 3.97. The van der Waals surface area contributed by atoms with Gasteiger partial charge in [0.25, 0.3) is 0 Å². The van der Waals surface area contributed by atoms with Gasteiger partial charge in [-0.25, -0.2) is 0 Å². The van der Waals surface area contributed by atoms with Gasteiger partial charge in [-0.05, 0) is 44.2 Å². The Bertz CT molecular complexity index is 860. The maximum atomic E-state index is 12.7. The Balaban J connectivity index is 1.55. The van der Waals surface area contributed by atoms with E-state index in [0.717, 1.165) is 19.3 Å². The van der Waals surface area contributed by atoms with Crippen molar-refractivity contribution >= 4 is 11.7 Å². The lowest BCUT2D eigenvalue weighted by Crippen LogP contribution is -2.20. The van der Waals surface area contributed by atoms with E-state index in [9.17, 15) is 10.1 Å². The third kappa shape index (κ3) is 2.14. The molecule has 1 heterocycles. The maximum absolute atomic E-state index is 12.7. The second-order valence-corrected chi connectivity index (χ2v) is 7.14. The first-order valence-electron chi connectivity index (χ1n) is 8.43. The highest BCUT2D eigenvalue weighted by atomic mass is 16.2. The zero-order chi connectivity index (χ0) is 16.9. The lowest BCUT2D eigenvalue weighted by Gasteiger charge is -2.11. The van der Waals surface area contributed by atoms with E-state index in [2.05, 4.69) is 40.8 Å². The maximum Gasteiger partial charge on any atom is 0.229 e. The molecule has 5 heteroatoms. The molecule has 0 aliphatic heterocycles. The van der Waals surface area contributed by atoms with Gasteiger partial charge in [-0.15, -0.1) is 0 Å². The SMILES string of the molecule is CC(C)n1cc(C#N)c(NC(=O)[C@@H]2C[C@@]23CCc2ccccc23)n1. The van der Waals surface area contributed by atoms with Crippen molar-refractivity contribution in [2.24, 2.45) is 5.92 Å². The molecule has 24 heavy (non-hydrogen) atoms. The lowest BCUT2D eigenvalue weighted by molar-refractivity contribution is -0.117. The van der Waals surface area contributed by atoms with Crippen LogP contribution in [0.25, 0.3) is 0 Å². The molecule has 1 fully saturated rings. The van der Waals surface area contributed by atoms with Crippen molar-refractivity contribution in [3.63, 3.8) is 0 Å². The number of nitriles is 1. The van der Waals surface area contributed by atoms with Gasteiger partial charge in [-0.2, -0.15) is 10.4 Å². The average molecular weight is 320 g/mol. The van der Waals surface area contributed by atoms with E-state index in [1.807, 2.05) is 13.8 Å². The Kier molecular flexibility index (Phi) is 3.24. The van der Waals surface area contributed by atoms with Crippen LogP contribution < -0.4 is 5.32 Å². The van der Waals surface area contributed by atoms with Crippen LogP contribution in [0.15, 0.2) is 30.5 Å². The number of nitrogens with one attached hydrogen (secondary N) is 1. The number of aryl methyl sites for hydroxylation is 1. The third-order valence-electron chi connectivity index (χ3n) is 5.41. The quantitative estimate of drug-likeness (QED) is 0.944. The first-order chi connectivity index (χ1) is 11.5. The number of hydrogen-bond acceptors (Lipinski definition) is 3. The van der Waals surface area contributed by atoms with Gasteiger partial charge in [0.1, 0.15) is 11.6 Å². The fraction of sp³-hybridized carbons (Fsp3) is 0.421. The zero-order valence-electron chi connectivity index (χ0n) is 13.9. The number of aromatic nitrogens is 2. The van der Waals surface area contributed by atoms with Crippen molar-refractivity contribution in [2.45, 2.75) is 44.6 Å². The summed E-state index contributed by atoms with van der Waals surface area (Å²) >= 11 is 0. The monoisotopic (exact) mass is 320 g/mol. The molecule has 2 aliphatic rings. The van der Waals surface area contributed by atoms with Crippen LogP contribution in [0.1, 0.15) is 49.4 Å². The predicted octanol–water partition coefficient (Wildman–Crippen LogP) is 3.18. The summed E-state index contributed by atoms with van der Waals surface area (Å²) in [6.45, 7) is 3.98. The second-order valence-electron chi connectivity index (χ2n) is 7.14. The molecule has 2 aliphatic carbocycles. The highest BCUT2D eigenvalue weighted by Crippen LogP contribution is 2.61. The number of carbonyl (C=O) groups is 1. The van der Waals surface area contributed by atoms with E-state index in [1.165, 1.54) is 11.1 Å². The van der Waals surface area contributed by atoms with E-state index >= 15 is 0 Å². The Morgan fingerprint density at radius 2 is 2.25 bits per heavy atom. The summed E-state index contributed by atoms with van der Waals surface area (Å²) in [5.74, 6) is 0.346. The molecule has 1 amide bonds. The highest BCUT2D eigenvalue weighted by molar-refractivity contribution is 5.96. The van der Waals surface area contributed by atoms with Gasteiger partial charge in [0.15, 0.2) is 5.82 Å². The molecule has 0 radical (unpaired) electrons. The molecule has 1 N–H and O–H groups in total. The molecule has 1 spiro atoms. The van der Waals surface area contributed by atoms with Crippen molar-refractivity contribution in [1.29, 1.82) is 5.26 Å². The van der Waals surface area contributed by atoms with Crippen LogP contribution in [-0.2, 0) is 16.6 Å². The van der Waals surface area contributed by atoms with Gasteiger partial charge in [0, 0.05) is 23.6 Å². The second kappa shape index (κ2) is 5.20. The third-order valence-corrected chi connectivity index (χ3v) is 5.41. The number of fused-ring (bicyclic) bond motifs is 2. The minimum absolute atomic E-state index is 0.00803. The first-order valence-corrected chi connectivity index (χ1v) is 8.43. The number of amides is 1. The predicted molar refractivity (Wildman–Crippen MR) is 90.5 cm³/mol. The Labute approximate surface area is 141 Å². The standard InChI is InChI=1S/C19H20N4O/c1-12(2)23-11-14(10-20)17(22-23)21-18(24)16-9-19(16)8-7-13-5-3-4-6-15(13)19/h3-6,11-12,16H,7-9H2,1-2H3,(H,21,22,24)/t16-,19+/m0/s1. The van der Waals surface area contributed by atoms with Crippen LogP contribution in [0.4, 0.5) is 5.82 Å². The average Bonchev–Trinajstić information content (AvgIpc) is 2.98. The van der Waals surface area contributed by atoms with Crippen LogP contribution in [0.3, 0.4) is 0 Å². The van der Waals surface area contributed by atoms with Crippen molar-refractivity contribution in [3.05, 3.63) is 47.2 Å². The summed E-state index contributed by atoms with van der Waals surface area (Å²) in [5, 5.41) is 16.5. The van der Waals surface area contributed by atoms with E-state index in [1.54, 1.807) is 10.9 Å². The van der Waals surface area contributed by atoms with Gasteiger partial charge in [-0.3, -0.25) is 9.48 Å². The molecule has 0 unspecified atom stereocenters. The molecule has 1 aromatic heterocycles. The molecule has 4 rings (SSSR count). The number of rotatable bonds is 3. The topological polar surface area (TPSA) is 70.7 Å². The normalized spacial score (nSPS) is 24.0. The van der Waals surface area contributed by atoms with Gasteiger partial charge >= 0.3 is 0 Å². The van der Waals surface area contributed by atoms with Crippen molar-refractivity contribution < 1.29 is 4.79 Å². The van der Waals surface area contributed by atoms with Crippen LogP contribution in [0, 0.1) is 17.2 Å². The summed E-state index contributed by atoms with van der Waals surface area (Å²) in [7, 11) is 0. The smallest absolute Gasteiger partial charge is 0.229 e. The fourth-order valence-electron chi connectivity index (χ4n) is 3.97. The van der Waals surface area contributed by atoms with Crippen molar-refractivity contribution in [2.75, 3.05) is 5.32 Å². The highest BCUT2D eigenvalue weighted by Gasteiger charge is 2.61. The molecule has 1 aromatic carbocycles. The molecular formula is C19H20N4O. The van der Waals surface area contributed by atoms with Gasteiger partial charge < -0.3 is 5.32 Å². The van der Waals surface area contributed by atoms with Crippen LogP contribution >= 0.6 is 0 Å². The summed E-state index contributed by atoms with van der Waals surface area (Å²) < 4.78 is 1.71. The van der Waals surface area contributed by atoms with Gasteiger partial charge in [-0.1, -0.05) is 24.3 Å². The Hall–Kier alpha value is -2.61. The van der Waals surface area contributed by atoms with Crippen LogP contribution in [0.2, 0.25) is 0 Å². The van der Waals surface area contributed by atoms with E-state index < -0.39 is 0 Å². The number of hydrogen-bond donors (Lipinski definition) is 1. The van der Waals surface area contributed by atoms with Crippen LogP contribution in [0.5, 0.6) is 0 Å². The zero-order valence-corrected chi connectivity index (χ0v) is 13.9. The van der Waals surface area contributed by atoms with E-state index in [0.29, 0.717) is 11.4 Å². The minimum Gasteiger partial charge on any atom is -0.308 e. The summed E-state index contributed by atoms with van der Waals surface area (Å²) in [6.07, 6.45) is 4.66. The Morgan fingerprint density at radius 1 is 1.46 bits per heavy atom. The van der Waals surface area contributed by atoms with Gasteiger partial charge in [0.05, 0.1) is 0 Å². The van der Waals surface area contributed by atoms with E-state index in [-0.39, 0.29) is 23.3 Å². The number of carbonyl (C=O) groups excluding carboxylic acids is 1. The summed E-state index contributed by atoms with van der Waals surface area (Å²) in [5.41, 5.74) is 3.13. The number of anilines is 1. The van der Waals surface area contributed by atoms with Crippen molar-refractivity contribution in [1.82, 2.24) is 9.78 Å². The molecular weight excluding hydrogens is 300 g/mol. The van der Waals surface area contributed by atoms with Gasteiger partial charge in [0.2, 0.25) is 5.91 Å². The number of benzene rings is 1. The summed E-state index contributed by atoms with van der Waals surface area (Å²) in [4.78, 5) is 12.7. The summed E-state index contributed by atoms with van der Waals surface area (Å²) in [6, 6.07) is 10.7. The molecule has 0 bridgehead atoms. The molecule has 2 atom stereocenters. The van der Waals surface area contributed by atoms with Crippen molar-refractivity contribution in [3.8, 4) is 6.07 Å². The molecule has 5 nitrogen and oxygen atoms in total. The van der Waals surface area contributed by atoms with Crippen LogP contribution in [-0.4, -0.2) is 15.7 Å². The molecule has 0 saturated heterocycles. The minimum atomic E-state index is -0.0168. The molecule has 122 valence electrons. The first kappa shape index (κ1) is 14.9. The Morgan fingerprint density at radius 3 is 3.00 bits per heavy atom. The largest absolute Gasteiger partial charge is 0.308 e. The van der Waals surface area contributed by atoms with E-state index in [4.69, 9.17) is 0 Å². The molecule has 2 aromatic rings. The lowest BCUT2D eigenvalue weighted by atomic mass is 9.95. The number of nitrogens with zero attached hydrogens (tertiary/aromatic N) is 3.